The predicted octanol–water partition coefficient (Wildman–Crippen LogP) is 1.27. The van der Waals surface area contributed by atoms with Gasteiger partial charge in [-0.15, -0.1) is 0 Å². The summed E-state index contributed by atoms with van der Waals surface area (Å²) in [6.07, 6.45) is 5.92. The summed E-state index contributed by atoms with van der Waals surface area (Å²) in [6.45, 7) is 0. The lowest BCUT2D eigenvalue weighted by atomic mass is 9.97. The molecule has 3 heteroatoms. The molecule has 57 valence electrons. The van der Waals surface area contributed by atoms with Crippen LogP contribution >= 0.6 is 0 Å². The maximum absolute atomic E-state index is 7.50. The summed E-state index contributed by atoms with van der Waals surface area (Å²) in [4.78, 5) is 8.00. The van der Waals surface area contributed by atoms with Crippen LogP contribution < -0.4 is 5.73 Å². The molecule has 0 spiro atoms. The molecular formula is C8H10N3. The topological polar surface area (TPSA) is 49.6 Å². The van der Waals surface area contributed by atoms with E-state index in [0.29, 0.717) is 5.82 Å². The molecule has 0 unspecified atom stereocenters. The normalized spacial score (nSPS) is 16.0. The van der Waals surface area contributed by atoms with Gasteiger partial charge in [0.1, 0.15) is 6.33 Å². The van der Waals surface area contributed by atoms with Crippen molar-refractivity contribution in [3.05, 3.63) is 17.6 Å². The molecular weight excluding hydrogens is 138 g/mol. The highest BCUT2D eigenvalue weighted by atomic mass is 14.9. The van der Waals surface area contributed by atoms with E-state index in [2.05, 4.69) is 9.97 Å². The predicted molar refractivity (Wildman–Crippen MR) is 41.4 cm³/mol. The quantitative estimate of drug-likeness (QED) is 0.556. The van der Waals surface area contributed by atoms with Crippen molar-refractivity contribution in [2.24, 2.45) is 0 Å². The van der Waals surface area contributed by atoms with Crippen LogP contribution in [0.1, 0.15) is 24.1 Å². The summed E-state index contributed by atoms with van der Waals surface area (Å²) in [5, 5.41) is 0. The molecule has 1 heterocycles. The third kappa shape index (κ3) is 1.06. The number of rotatable bonds is 0. The Labute approximate surface area is 65.7 Å². The molecule has 1 N–H and O–H groups in total. The summed E-state index contributed by atoms with van der Waals surface area (Å²) in [6, 6.07) is 0. The molecule has 2 rings (SSSR count). The van der Waals surface area contributed by atoms with E-state index in [1.54, 1.807) is 0 Å². The van der Waals surface area contributed by atoms with Crippen molar-refractivity contribution in [2.75, 3.05) is 0 Å². The summed E-state index contributed by atoms with van der Waals surface area (Å²) in [7, 11) is 0. The molecule has 0 saturated heterocycles. The second-order valence-corrected chi connectivity index (χ2v) is 2.85. The summed E-state index contributed by atoms with van der Waals surface area (Å²) in [5.74, 6) is 0.426. The first kappa shape index (κ1) is 6.58. The van der Waals surface area contributed by atoms with Crippen LogP contribution in [0, 0.1) is 0 Å². The number of aryl methyl sites for hydroxylation is 1. The van der Waals surface area contributed by atoms with Crippen molar-refractivity contribution < 1.29 is 0 Å². The zero-order valence-corrected chi connectivity index (χ0v) is 6.30. The first-order valence-electron chi connectivity index (χ1n) is 3.92. The molecule has 1 aromatic heterocycles. The van der Waals surface area contributed by atoms with Crippen LogP contribution in [-0.2, 0) is 12.8 Å². The zero-order chi connectivity index (χ0) is 7.68. The molecule has 3 nitrogen and oxygen atoms in total. The third-order valence-corrected chi connectivity index (χ3v) is 2.12. The highest BCUT2D eigenvalue weighted by molar-refractivity contribution is 5.39. The standard InChI is InChI=1S/C8H10N3/c9-8-6-3-1-2-4-7(6)10-5-11-8/h5,9H,1-4H2. The van der Waals surface area contributed by atoms with Crippen molar-refractivity contribution in [3.63, 3.8) is 0 Å². The number of nitrogens with zero attached hydrogens (tertiary/aromatic N) is 2. The zero-order valence-electron chi connectivity index (χ0n) is 6.30. The van der Waals surface area contributed by atoms with E-state index in [9.17, 15) is 0 Å². The van der Waals surface area contributed by atoms with Crippen LogP contribution in [0.2, 0.25) is 0 Å². The van der Waals surface area contributed by atoms with E-state index in [4.69, 9.17) is 5.73 Å². The average molecular weight is 148 g/mol. The molecule has 0 bridgehead atoms. The molecule has 0 amide bonds. The highest BCUT2D eigenvalue weighted by Gasteiger charge is 2.13. The largest absolute Gasteiger partial charge is 0.283 e. The van der Waals surface area contributed by atoms with Gasteiger partial charge in [0.2, 0.25) is 0 Å². The van der Waals surface area contributed by atoms with E-state index < -0.39 is 0 Å². The van der Waals surface area contributed by atoms with Crippen molar-refractivity contribution in [1.82, 2.24) is 15.7 Å². The minimum atomic E-state index is 0.426. The number of hydrogen-bond donors (Lipinski definition) is 0. The van der Waals surface area contributed by atoms with E-state index in [0.717, 1.165) is 24.1 Å². The highest BCUT2D eigenvalue weighted by Crippen LogP contribution is 2.22. The first-order chi connectivity index (χ1) is 5.38. The minimum Gasteiger partial charge on any atom is -0.283 e. The van der Waals surface area contributed by atoms with Gasteiger partial charge in [-0.3, -0.25) is 5.73 Å². The molecule has 1 aliphatic rings. The smallest absolute Gasteiger partial charge is 0.151 e. The van der Waals surface area contributed by atoms with Gasteiger partial charge in [0.25, 0.3) is 0 Å². The molecule has 1 aliphatic carbocycles. The van der Waals surface area contributed by atoms with Gasteiger partial charge in [-0.05, 0) is 25.7 Å². The van der Waals surface area contributed by atoms with Gasteiger partial charge in [0.05, 0.1) is 0 Å². The first-order valence-corrected chi connectivity index (χ1v) is 3.92. The number of nitrogens with one attached hydrogen (secondary N) is 1. The molecule has 0 fully saturated rings. The second-order valence-electron chi connectivity index (χ2n) is 2.85. The number of aromatic nitrogens is 2. The number of fused-ring (bicyclic) bond motifs is 1. The van der Waals surface area contributed by atoms with Gasteiger partial charge in [0.15, 0.2) is 5.82 Å². The van der Waals surface area contributed by atoms with Crippen LogP contribution in [-0.4, -0.2) is 9.97 Å². The molecule has 0 atom stereocenters. The Balaban J connectivity index is 2.49. The van der Waals surface area contributed by atoms with Crippen LogP contribution in [0.3, 0.4) is 0 Å². The lowest BCUT2D eigenvalue weighted by molar-refractivity contribution is 0.662. The van der Waals surface area contributed by atoms with Crippen molar-refractivity contribution in [2.45, 2.75) is 25.7 Å². The molecule has 0 aromatic carbocycles. The fourth-order valence-electron chi connectivity index (χ4n) is 1.52. The average Bonchev–Trinajstić information content (AvgIpc) is 2.06. The van der Waals surface area contributed by atoms with E-state index in [-0.39, 0.29) is 0 Å². The van der Waals surface area contributed by atoms with Crippen LogP contribution in [0.4, 0.5) is 5.82 Å². The maximum Gasteiger partial charge on any atom is 0.151 e. The fourth-order valence-corrected chi connectivity index (χ4v) is 1.52. The lowest BCUT2D eigenvalue weighted by Crippen LogP contribution is -2.06. The van der Waals surface area contributed by atoms with Gasteiger partial charge in [0, 0.05) is 11.3 Å². The van der Waals surface area contributed by atoms with Gasteiger partial charge >= 0.3 is 0 Å². The lowest BCUT2D eigenvalue weighted by Gasteiger charge is -2.13. The SMILES string of the molecule is [NH]c1ncnc2c1CCCC2. The Kier molecular flexibility index (Phi) is 1.49. The third-order valence-electron chi connectivity index (χ3n) is 2.12. The van der Waals surface area contributed by atoms with Crippen LogP contribution in [0.5, 0.6) is 0 Å². The summed E-state index contributed by atoms with van der Waals surface area (Å²) in [5.41, 5.74) is 9.66. The van der Waals surface area contributed by atoms with E-state index in [1.165, 1.54) is 19.2 Å². The molecule has 0 saturated carbocycles. The van der Waals surface area contributed by atoms with Gasteiger partial charge in [-0.2, -0.15) is 0 Å². The van der Waals surface area contributed by atoms with Crippen LogP contribution in [0.25, 0.3) is 0 Å². The number of hydrogen-bond acceptors (Lipinski definition) is 2. The monoisotopic (exact) mass is 148 g/mol. The minimum absolute atomic E-state index is 0.426. The van der Waals surface area contributed by atoms with Crippen molar-refractivity contribution in [3.8, 4) is 0 Å². The maximum atomic E-state index is 7.50. The van der Waals surface area contributed by atoms with Crippen molar-refractivity contribution >= 4 is 5.82 Å². The second kappa shape index (κ2) is 2.49. The van der Waals surface area contributed by atoms with Crippen LogP contribution in [0.15, 0.2) is 6.33 Å². The van der Waals surface area contributed by atoms with Gasteiger partial charge < -0.3 is 0 Å². The van der Waals surface area contributed by atoms with E-state index in [1.807, 2.05) is 0 Å². The Morgan fingerprint density at radius 1 is 1.18 bits per heavy atom. The van der Waals surface area contributed by atoms with Gasteiger partial charge in [-0.25, -0.2) is 9.97 Å². The van der Waals surface area contributed by atoms with Crippen molar-refractivity contribution in [1.29, 1.82) is 0 Å². The van der Waals surface area contributed by atoms with E-state index >= 15 is 0 Å². The van der Waals surface area contributed by atoms with Gasteiger partial charge in [-0.1, -0.05) is 0 Å². The Morgan fingerprint density at radius 3 is 2.82 bits per heavy atom. The molecule has 0 aliphatic heterocycles. The Morgan fingerprint density at radius 2 is 2.00 bits per heavy atom. The molecule has 1 radical (unpaired) electrons. The molecule has 1 aromatic rings. The molecule has 11 heavy (non-hydrogen) atoms. The summed E-state index contributed by atoms with van der Waals surface area (Å²) >= 11 is 0. The Bertz CT molecular complexity index is 270. The summed E-state index contributed by atoms with van der Waals surface area (Å²) < 4.78 is 0. The Hall–Kier alpha value is -1.12. The fraction of sp³-hybridized carbons (Fsp3) is 0.500.